The van der Waals surface area contributed by atoms with Crippen molar-refractivity contribution < 1.29 is 17.6 Å². The number of sulfone groups is 1. The van der Waals surface area contributed by atoms with Gasteiger partial charge in [-0.3, -0.25) is 4.79 Å². The highest BCUT2D eigenvalue weighted by molar-refractivity contribution is 7.91. The number of rotatable bonds is 7. The largest absolute Gasteiger partial charge is 0.378 e. The van der Waals surface area contributed by atoms with Gasteiger partial charge in [0.15, 0.2) is 9.84 Å². The Labute approximate surface area is 159 Å². The van der Waals surface area contributed by atoms with Gasteiger partial charge in [-0.15, -0.1) is 0 Å². The summed E-state index contributed by atoms with van der Waals surface area (Å²) in [5, 5.41) is 1.82. The van der Waals surface area contributed by atoms with Gasteiger partial charge >= 0.3 is 0 Å². The van der Waals surface area contributed by atoms with Crippen molar-refractivity contribution in [1.29, 1.82) is 0 Å². The van der Waals surface area contributed by atoms with Crippen LogP contribution < -0.4 is 10.2 Å². The van der Waals surface area contributed by atoms with E-state index in [0.717, 1.165) is 30.7 Å². The Balaban J connectivity index is 1.92. The van der Waals surface area contributed by atoms with Gasteiger partial charge < -0.3 is 10.2 Å². The van der Waals surface area contributed by atoms with Gasteiger partial charge in [-0.1, -0.05) is 12.1 Å². The van der Waals surface area contributed by atoms with Gasteiger partial charge in [-0.05, 0) is 54.8 Å². The molecule has 1 atom stereocenters. The van der Waals surface area contributed by atoms with Crippen LogP contribution in [0.3, 0.4) is 0 Å². The first-order valence-electron chi connectivity index (χ1n) is 8.83. The molecule has 0 heterocycles. The third-order valence-corrected chi connectivity index (χ3v) is 6.83. The lowest BCUT2D eigenvalue weighted by atomic mass is 10.1. The highest BCUT2D eigenvalue weighted by Gasteiger charge is 2.33. The van der Waals surface area contributed by atoms with Gasteiger partial charge in [0.2, 0.25) is 5.91 Å². The summed E-state index contributed by atoms with van der Waals surface area (Å²) in [6.45, 7) is -0.0175. The zero-order valence-electron chi connectivity index (χ0n) is 15.4. The fourth-order valence-electron chi connectivity index (χ4n) is 2.87. The Bertz CT molecular complexity index is 905. The van der Waals surface area contributed by atoms with Crippen LogP contribution in [0.2, 0.25) is 0 Å². The Kier molecular flexibility index (Phi) is 5.51. The molecule has 5 nitrogen and oxygen atoms in total. The average molecular weight is 390 g/mol. The average Bonchev–Trinajstić information content (AvgIpc) is 3.47. The third kappa shape index (κ3) is 4.47. The second-order valence-electron chi connectivity index (χ2n) is 6.99. The normalized spacial score (nSPS) is 15.2. The molecule has 144 valence electrons. The first kappa shape index (κ1) is 19.4. The lowest BCUT2D eigenvalue weighted by molar-refractivity contribution is -0.122. The zero-order chi connectivity index (χ0) is 19.6. The Morgan fingerprint density at radius 3 is 2.22 bits per heavy atom. The molecule has 0 aromatic heterocycles. The number of carbonyl (C=O) groups excluding carboxylic acids is 1. The van der Waals surface area contributed by atoms with Gasteiger partial charge in [0, 0.05) is 32.2 Å². The van der Waals surface area contributed by atoms with E-state index in [0.29, 0.717) is 5.56 Å². The Morgan fingerprint density at radius 2 is 1.70 bits per heavy atom. The number of carbonyl (C=O) groups is 1. The SMILES string of the molecule is CN(C)c1ccc([C@@H](CNC(=O)C2CC2)S(=O)(=O)c2ccc(F)cc2)cc1. The van der Waals surface area contributed by atoms with E-state index in [4.69, 9.17) is 0 Å². The third-order valence-electron chi connectivity index (χ3n) is 4.71. The molecule has 7 heteroatoms. The number of anilines is 1. The number of halogens is 1. The maximum atomic E-state index is 13.2. The Morgan fingerprint density at radius 1 is 1.11 bits per heavy atom. The minimum Gasteiger partial charge on any atom is -0.378 e. The maximum absolute atomic E-state index is 13.2. The molecule has 0 saturated heterocycles. The van der Waals surface area contributed by atoms with E-state index >= 15 is 0 Å². The number of amides is 1. The van der Waals surface area contributed by atoms with Crippen LogP contribution in [0, 0.1) is 11.7 Å². The molecule has 0 bridgehead atoms. The molecule has 0 spiro atoms. The second kappa shape index (κ2) is 7.68. The molecule has 1 N–H and O–H groups in total. The first-order valence-corrected chi connectivity index (χ1v) is 10.4. The van der Waals surface area contributed by atoms with Crippen LogP contribution in [0.5, 0.6) is 0 Å². The zero-order valence-corrected chi connectivity index (χ0v) is 16.2. The van der Waals surface area contributed by atoms with Crippen LogP contribution in [0.15, 0.2) is 53.4 Å². The quantitative estimate of drug-likeness (QED) is 0.738. The number of benzene rings is 2. The topological polar surface area (TPSA) is 66.5 Å². The monoisotopic (exact) mass is 390 g/mol. The highest BCUT2D eigenvalue weighted by Crippen LogP contribution is 2.32. The summed E-state index contributed by atoms with van der Waals surface area (Å²) in [5.74, 6) is -0.614. The van der Waals surface area contributed by atoms with Gasteiger partial charge in [-0.25, -0.2) is 12.8 Å². The predicted molar refractivity (Wildman–Crippen MR) is 103 cm³/mol. The summed E-state index contributed by atoms with van der Waals surface area (Å²) >= 11 is 0. The minimum absolute atomic E-state index is 0.00436. The van der Waals surface area contributed by atoms with Gasteiger partial charge in [0.1, 0.15) is 11.1 Å². The molecule has 2 aromatic carbocycles. The van der Waals surface area contributed by atoms with Crippen molar-refractivity contribution in [3.63, 3.8) is 0 Å². The minimum atomic E-state index is -3.80. The lowest BCUT2D eigenvalue weighted by Crippen LogP contribution is -2.32. The van der Waals surface area contributed by atoms with E-state index in [2.05, 4.69) is 5.32 Å². The van der Waals surface area contributed by atoms with Crippen molar-refractivity contribution in [2.24, 2.45) is 5.92 Å². The summed E-state index contributed by atoms with van der Waals surface area (Å²) in [4.78, 5) is 14.0. The van der Waals surface area contributed by atoms with Gasteiger partial charge in [-0.2, -0.15) is 0 Å². The summed E-state index contributed by atoms with van der Waals surface area (Å²) in [6, 6.07) is 12.0. The number of nitrogens with one attached hydrogen (secondary N) is 1. The molecule has 1 saturated carbocycles. The molecular formula is C20H23FN2O3S. The molecular weight excluding hydrogens is 367 g/mol. The first-order chi connectivity index (χ1) is 12.8. The van der Waals surface area contributed by atoms with E-state index in [-0.39, 0.29) is 23.3 Å². The summed E-state index contributed by atoms with van der Waals surface area (Å²) in [5.41, 5.74) is 1.53. The fourth-order valence-corrected chi connectivity index (χ4v) is 4.53. The summed E-state index contributed by atoms with van der Waals surface area (Å²) in [7, 11) is 0.000873. The van der Waals surface area contributed by atoms with Crippen molar-refractivity contribution in [2.75, 3.05) is 25.5 Å². The van der Waals surface area contributed by atoms with Crippen LogP contribution in [0.25, 0.3) is 0 Å². The highest BCUT2D eigenvalue weighted by atomic mass is 32.2. The number of hydrogen-bond acceptors (Lipinski definition) is 4. The Hall–Kier alpha value is -2.41. The van der Waals surface area contributed by atoms with E-state index < -0.39 is 20.9 Å². The van der Waals surface area contributed by atoms with Crippen molar-refractivity contribution >= 4 is 21.4 Å². The van der Waals surface area contributed by atoms with E-state index in [1.54, 1.807) is 12.1 Å². The molecule has 0 aliphatic heterocycles. The fraction of sp³-hybridized carbons (Fsp3) is 0.350. The predicted octanol–water partition coefficient (Wildman–Crippen LogP) is 2.93. The molecule has 2 aromatic rings. The number of nitrogens with zero attached hydrogens (tertiary/aromatic N) is 1. The van der Waals surface area contributed by atoms with Gasteiger partial charge in [0.05, 0.1) is 4.90 Å². The van der Waals surface area contributed by atoms with Crippen LogP contribution in [0.4, 0.5) is 10.1 Å². The molecule has 3 rings (SSSR count). The molecule has 27 heavy (non-hydrogen) atoms. The maximum Gasteiger partial charge on any atom is 0.223 e. The van der Waals surface area contributed by atoms with Crippen molar-refractivity contribution in [1.82, 2.24) is 5.32 Å². The second-order valence-corrected chi connectivity index (χ2v) is 9.12. The van der Waals surface area contributed by atoms with E-state index in [1.807, 2.05) is 31.1 Å². The standard InChI is InChI=1S/C20H23FN2O3S/c1-23(2)17-9-5-14(6-10-17)19(13-22-20(24)15-3-4-15)27(25,26)18-11-7-16(21)8-12-18/h5-12,15,19H,3-4,13H2,1-2H3,(H,22,24)/t19-/m1/s1. The van der Waals surface area contributed by atoms with Gasteiger partial charge in [0.25, 0.3) is 0 Å². The summed E-state index contributed by atoms with van der Waals surface area (Å²) < 4.78 is 39.6. The molecule has 1 aliphatic carbocycles. The van der Waals surface area contributed by atoms with E-state index in [1.165, 1.54) is 12.1 Å². The molecule has 1 amide bonds. The number of hydrogen-bond donors (Lipinski definition) is 1. The van der Waals surface area contributed by atoms with Crippen LogP contribution in [-0.4, -0.2) is 35.0 Å². The van der Waals surface area contributed by atoms with Crippen molar-refractivity contribution in [3.8, 4) is 0 Å². The smallest absolute Gasteiger partial charge is 0.223 e. The lowest BCUT2D eigenvalue weighted by Gasteiger charge is -2.20. The van der Waals surface area contributed by atoms with Crippen molar-refractivity contribution in [3.05, 3.63) is 59.9 Å². The van der Waals surface area contributed by atoms with E-state index in [9.17, 15) is 17.6 Å². The van der Waals surface area contributed by atoms with Crippen molar-refractivity contribution in [2.45, 2.75) is 23.0 Å². The van der Waals surface area contributed by atoms with Crippen LogP contribution >= 0.6 is 0 Å². The molecule has 1 fully saturated rings. The molecule has 1 aliphatic rings. The molecule has 0 unspecified atom stereocenters. The van der Waals surface area contributed by atoms with Crippen LogP contribution in [0.1, 0.15) is 23.7 Å². The summed E-state index contributed by atoms with van der Waals surface area (Å²) in [6.07, 6.45) is 1.69. The molecule has 0 radical (unpaired) electrons. The van der Waals surface area contributed by atoms with Crippen LogP contribution in [-0.2, 0) is 14.6 Å².